The first kappa shape index (κ1) is 18.2. The largest absolute Gasteiger partial charge is 0.383 e. The molecular weight excluding hydrogens is 290 g/mol. The van der Waals surface area contributed by atoms with Crippen molar-refractivity contribution in [3.8, 4) is 0 Å². The minimum absolute atomic E-state index is 0.357. The molecule has 0 saturated heterocycles. The Morgan fingerprint density at radius 1 is 1.33 bits per heavy atom. The van der Waals surface area contributed by atoms with E-state index in [1.807, 2.05) is 25.3 Å². The predicted octanol–water partition coefficient (Wildman–Crippen LogP) is 1.27. The van der Waals surface area contributed by atoms with Crippen molar-refractivity contribution < 1.29 is 13.2 Å². The highest BCUT2D eigenvalue weighted by molar-refractivity contribution is 7.89. The molecule has 0 radical (unpaired) electrons. The number of methoxy groups -OCH3 is 1. The van der Waals surface area contributed by atoms with Gasteiger partial charge in [0.2, 0.25) is 10.0 Å². The summed E-state index contributed by atoms with van der Waals surface area (Å²) in [4.78, 5) is 0.357. The smallest absolute Gasteiger partial charge is 0.244 e. The zero-order chi connectivity index (χ0) is 15.9. The van der Waals surface area contributed by atoms with Gasteiger partial charge in [0.05, 0.1) is 6.61 Å². The molecule has 1 N–H and O–H groups in total. The molecule has 0 unspecified atom stereocenters. The summed E-state index contributed by atoms with van der Waals surface area (Å²) < 4.78 is 33.7. The van der Waals surface area contributed by atoms with Crippen LogP contribution in [0.15, 0.2) is 17.2 Å². The fourth-order valence-corrected chi connectivity index (χ4v) is 3.65. The molecule has 1 heterocycles. The van der Waals surface area contributed by atoms with Gasteiger partial charge in [-0.3, -0.25) is 0 Å². The van der Waals surface area contributed by atoms with Crippen LogP contribution >= 0.6 is 0 Å². The van der Waals surface area contributed by atoms with Crippen molar-refractivity contribution >= 4 is 10.0 Å². The molecule has 0 saturated carbocycles. The summed E-state index contributed by atoms with van der Waals surface area (Å²) in [6.07, 6.45) is 1.72. The van der Waals surface area contributed by atoms with E-state index in [1.54, 1.807) is 19.4 Å². The predicted molar refractivity (Wildman–Crippen MR) is 83.8 cm³/mol. The highest BCUT2D eigenvalue weighted by atomic mass is 32.2. The number of rotatable bonds is 10. The van der Waals surface area contributed by atoms with Crippen molar-refractivity contribution in [2.24, 2.45) is 0 Å². The Labute approximate surface area is 128 Å². The minimum Gasteiger partial charge on any atom is -0.383 e. The van der Waals surface area contributed by atoms with Gasteiger partial charge in [-0.05, 0) is 19.5 Å². The highest BCUT2D eigenvalue weighted by Crippen LogP contribution is 2.19. The Kier molecular flexibility index (Phi) is 7.37. The quantitative estimate of drug-likeness (QED) is 0.706. The average Bonchev–Trinajstić information content (AvgIpc) is 2.89. The van der Waals surface area contributed by atoms with Gasteiger partial charge in [-0.1, -0.05) is 13.8 Å². The molecule has 1 aromatic rings. The molecule has 6 nitrogen and oxygen atoms in total. The molecule has 0 bridgehead atoms. The topological polar surface area (TPSA) is 63.6 Å². The highest BCUT2D eigenvalue weighted by Gasteiger charge is 2.24. The van der Waals surface area contributed by atoms with Crippen molar-refractivity contribution in [2.75, 3.05) is 33.4 Å². The number of nitrogens with zero attached hydrogens (tertiary/aromatic N) is 2. The third-order valence-corrected chi connectivity index (χ3v) is 5.33. The second-order valence-corrected chi connectivity index (χ2v) is 6.66. The van der Waals surface area contributed by atoms with E-state index in [2.05, 4.69) is 5.32 Å². The fraction of sp³-hybridized carbons (Fsp3) is 0.714. The van der Waals surface area contributed by atoms with E-state index in [1.165, 1.54) is 4.31 Å². The monoisotopic (exact) mass is 317 g/mol. The first-order valence-corrected chi connectivity index (χ1v) is 8.84. The lowest BCUT2D eigenvalue weighted by atomic mass is 10.4. The molecule has 21 heavy (non-hydrogen) atoms. The minimum atomic E-state index is -3.46. The molecule has 0 aliphatic heterocycles. The van der Waals surface area contributed by atoms with Gasteiger partial charge in [0.1, 0.15) is 4.90 Å². The number of likely N-dealkylation sites (N-methyl/N-ethyl adjacent to an activating group) is 1. The van der Waals surface area contributed by atoms with Gasteiger partial charge in [-0.2, -0.15) is 4.31 Å². The Hall–Kier alpha value is -0.890. The van der Waals surface area contributed by atoms with Gasteiger partial charge in [-0.25, -0.2) is 8.42 Å². The maximum atomic E-state index is 12.7. The molecular formula is C14H27N3O3S. The summed E-state index contributed by atoms with van der Waals surface area (Å²) in [6, 6.07) is 1.76. The van der Waals surface area contributed by atoms with Gasteiger partial charge in [0, 0.05) is 45.2 Å². The standard InChI is InChI=1S/C14H27N3O3S/c1-5-15-11-13-10-14(12-16(13)6-2)21(18,19)17(7-3)8-9-20-4/h10,12,15H,5-9,11H2,1-4H3. The molecule has 0 aromatic carbocycles. The van der Waals surface area contributed by atoms with Gasteiger partial charge in [0.15, 0.2) is 0 Å². The summed E-state index contributed by atoms with van der Waals surface area (Å²) in [6.45, 7) is 9.35. The van der Waals surface area contributed by atoms with Gasteiger partial charge < -0.3 is 14.6 Å². The summed E-state index contributed by atoms with van der Waals surface area (Å²) in [5.41, 5.74) is 0.987. The van der Waals surface area contributed by atoms with Crippen LogP contribution in [0.4, 0.5) is 0 Å². The fourth-order valence-electron chi connectivity index (χ4n) is 2.15. The Bertz CT molecular complexity index is 526. The maximum absolute atomic E-state index is 12.7. The summed E-state index contributed by atoms with van der Waals surface area (Å²) in [5.74, 6) is 0. The number of hydrogen-bond donors (Lipinski definition) is 1. The zero-order valence-corrected chi connectivity index (χ0v) is 14.2. The Balaban J connectivity index is 3.03. The van der Waals surface area contributed by atoms with E-state index in [4.69, 9.17) is 4.74 Å². The number of hydrogen-bond acceptors (Lipinski definition) is 4. The lowest BCUT2D eigenvalue weighted by molar-refractivity contribution is 0.180. The summed E-state index contributed by atoms with van der Waals surface area (Å²) in [5, 5.41) is 3.23. The molecule has 0 spiro atoms. The van der Waals surface area contributed by atoms with E-state index in [-0.39, 0.29) is 0 Å². The lowest BCUT2D eigenvalue weighted by Gasteiger charge is -2.19. The summed E-state index contributed by atoms with van der Waals surface area (Å²) >= 11 is 0. The number of nitrogens with one attached hydrogen (secondary N) is 1. The maximum Gasteiger partial charge on any atom is 0.244 e. The van der Waals surface area contributed by atoms with Crippen molar-refractivity contribution in [2.45, 2.75) is 38.8 Å². The Morgan fingerprint density at radius 3 is 2.57 bits per heavy atom. The van der Waals surface area contributed by atoms with Crippen LogP contribution in [0.2, 0.25) is 0 Å². The summed E-state index contributed by atoms with van der Waals surface area (Å²) in [7, 11) is -1.88. The van der Waals surface area contributed by atoms with Crippen LogP contribution in [0, 0.1) is 0 Å². The third-order valence-electron chi connectivity index (χ3n) is 3.39. The molecule has 1 rings (SSSR count). The molecule has 0 aliphatic rings. The molecule has 0 amide bonds. The SMILES string of the molecule is CCNCc1cc(S(=O)(=O)N(CC)CCOC)cn1CC. The van der Waals surface area contributed by atoms with Crippen LogP contribution in [-0.4, -0.2) is 50.6 Å². The molecule has 0 aliphatic carbocycles. The number of ether oxygens (including phenoxy) is 1. The van der Waals surface area contributed by atoms with Gasteiger partial charge in [0.25, 0.3) is 0 Å². The molecule has 122 valence electrons. The van der Waals surface area contributed by atoms with Crippen LogP contribution in [0.3, 0.4) is 0 Å². The molecule has 7 heteroatoms. The van der Waals surface area contributed by atoms with Crippen LogP contribution in [-0.2, 0) is 27.8 Å². The van der Waals surface area contributed by atoms with Crippen LogP contribution in [0.1, 0.15) is 26.5 Å². The van der Waals surface area contributed by atoms with Crippen molar-refractivity contribution in [3.05, 3.63) is 18.0 Å². The third kappa shape index (κ3) is 4.54. The first-order valence-electron chi connectivity index (χ1n) is 7.40. The van der Waals surface area contributed by atoms with Crippen LogP contribution in [0.5, 0.6) is 0 Å². The number of aryl methyl sites for hydroxylation is 1. The van der Waals surface area contributed by atoms with E-state index in [0.717, 1.165) is 18.8 Å². The van der Waals surface area contributed by atoms with Crippen molar-refractivity contribution in [1.82, 2.24) is 14.2 Å². The van der Waals surface area contributed by atoms with Crippen LogP contribution < -0.4 is 5.32 Å². The molecule has 0 atom stereocenters. The van der Waals surface area contributed by atoms with E-state index in [0.29, 0.717) is 31.1 Å². The van der Waals surface area contributed by atoms with Gasteiger partial charge in [-0.15, -0.1) is 0 Å². The van der Waals surface area contributed by atoms with Gasteiger partial charge >= 0.3 is 0 Å². The molecule has 1 aromatic heterocycles. The number of aromatic nitrogens is 1. The Morgan fingerprint density at radius 2 is 2.05 bits per heavy atom. The second-order valence-electron chi connectivity index (χ2n) is 4.72. The van der Waals surface area contributed by atoms with Crippen LogP contribution in [0.25, 0.3) is 0 Å². The van der Waals surface area contributed by atoms with Crippen molar-refractivity contribution in [3.63, 3.8) is 0 Å². The average molecular weight is 317 g/mol. The molecule has 0 fully saturated rings. The van der Waals surface area contributed by atoms with E-state index in [9.17, 15) is 8.42 Å². The second kappa shape index (κ2) is 8.53. The lowest BCUT2D eigenvalue weighted by Crippen LogP contribution is -2.33. The zero-order valence-electron chi connectivity index (χ0n) is 13.4. The van der Waals surface area contributed by atoms with E-state index < -0.39 is 10.0 Å². The van der Waals surface area contributed by atoms with E-state index >= 15 is 0 Å². The van der Waals surface area contributed by atoms with Crippen molar-refractivity contribution in [1.29, 1.82) is 0 Å². The normalized spacial score (nSPS) is 12.2. The first-order chi connectivity index (χ1) is 10.0. The number of sulfonamides is 1.